The molecule has 1 N–H and O–H groups in total. The minimum Gasteiger partial charge on any atom is -0.446 e. The first-order valence-electron chi connectivity index (χ1n) is 11.0. The third-order valence-corrected chi connectivity index (χ3v) is 6.02. The van der Waals surface area contributed by atoms with E-state index in [1.165, 1.54) is 12.1 Å². The molecule has 2 aromatic carbocycles. The molecule has 170 valence electrons. The van der Waals surface area contributed by atoms with Gasteiger partial charge in [0.15, 0.2) is 0 Å². The summed E-state index contributed by atoms with van der Waals surface area (Å²) in [6, 6.07) is 11.6. The Morgan fingerprint density at radius 1 is 1.03 bits per heavy atom. The molecule has 1 aromatic heterocycles. The number of benzene rings is 2. The van der Waals surface area contributed by atoms with Crippen LogP contribution >= 0.6 is 0 Å². The van der Waals surface area contributed by atoms with Gasteiger partial charge in [-0.2, -0.15) is 5.10 Å². The normalized spacial score (nSPS) is 16.2. The number of carbonyl (C=O) groups is 2. The van der Waals surface area contributed by atoms with Crippen LogP contribution in [0.15, 0.2) is 47.3 Å². The van der Waals surface area contributed by atoms with Gasteiger partial charge in [0.1, 0.15) is 11.9 Å². The van der Waals surface area contributed by atoms with Crippen LogP contribution in [0.2, 0.25) is 0 Å². The first-order chi connectivity index (χ1) is 16.0. The molecule has 1 saturated heterocycles. The van der Waals surface area contributed by atoms with Crippen LogP contribution in [0.5, 0.6) is 0 Å². The number of H-pyrrole nitrogens is 1. The molecule has 0 spiro atoms. The number of nitrogens with zero attached hydrogens (tertiary/aromatic N) is 3. The molecule has 1 aliphatic carbocycles. The van der Waals surface area contributed by atoms with Crippen molar-refractivity contribution < 1.29 is 18.7 Å². The summed E-state index contributed by atoms with van der Waals surface area (Å²) in [5.74, 6) is -1.01. The molecule has 1 aliphatic heterocycles. The number of halogens is 1. The highest BCUT2D eigenvalue weighted by Gasteiger charge is 2.31. The summed E-state index contributed by atoms with van der Waals surface area (Å²) in [7, 11) is 0. The number of carbonyl (C=O) groups excluding carboxylic acids is 2. The molecular formula is C24H23FN4O4. The van der Waals surface area contributed by atoms with Gasteiger partial charge in [-0.15, -0.1) is 0 Å². The van der Waals surface area contributed by atoms with E-state index in [4.69, 9.17) is 4.74 Å². The second-order valence-electron chi connectivity index (χ2n) is 8.40. The number of hydrogen-bond acceptors (Lipinski definition) is 5. The number of fused-ring (bicyclic) bond motifs is 1. The number of aromatic nitrogens is 2. The first-order valence-corrected chi connectivity index (χ1v) is 11.0. The molecule has 5 rings (SSSR count). The van der Waals surface area contributed by atoms with Gasteiger partial charge in [0.05, 0.1) is 16.6 Å². The Morgan fingerprint density at radius 2 is 1.73 bits per heavy atom. The average Bonchev–Trinajstić information content (AvgIpc) is 3.66. The maximum absolute atomic E-state index is 14.6. The molecule has 0 atom stereocenters. The lowest BCUT2D eigenvalue weighted by molar-refractivity contribution is 0.0539. The predicted molar refractivity (Wildman–Crippen MR) is 119 cm³/mol. The van der Waals surface area contributed by atoms with Crippen molar-refractivity contribution in [2.45, 2.75) is 25.4 Å². The van der Waals surface area contributed by atoms with Crippen LogP contribution in [0.3, 0.4) is 0 Å². The Bertz CT molecular complexity index is 1280. The zero-order chi connectivity index (χ0) is 22.9. The van der Waals surface area contributed by atoms with Gasteiger partial charge in [-0.05, 0) is 36.6 Å². The van der Waals surface area contributed by atoms with Crippen LogP contribution in [-0.2, 0) is 11.2 Å². The van der Waals surface area contributed by atoms with Crippen LogP contribution in [0, 0.1) is 5.82 Å². The van der Waals surface area contributed by atoms with Crippen molar-refractivity contribution in [2.24, 2.45) is 0 Å². The van der Waals surface area contributed by atoms with Crippen molar-refractivity contribution >= 4 is 22.8 Å². The second kappa shape index (κ2) is 8.65. The number of amides is 2. The first kappa shape index (κ1) is 21.1. The van der Waals surface area contributed by atoms with Gasteiger partial charge in [0, 0.05) is 38.0 Å². The van der Waals surface area contributed by atoms with Gasteiger partial charge in [0.25, 0.3) is 11.5 Å². The highest BCUT2D eigenvalue weighted by Crippen LogP contribution is 2.25. The number of piperazine rings is 1. The standard InChI is InChI=1S/C24H23FN4O4/c25-20-8-5-15(14-21-17-3-1-2-4-18(17)22(30)27-26-21)13-19(20)23(31)28-9-11-29(12-10-28)24(32)33-16-6-7-16/h1-5,8,13,16H,6-7,9-12,14H2,(H,27,30). The van der Waals surface area contributed by atoms with Gasteiger partial charge >= 0.3 is 6.09 Å². The van der Waals surface area contributed by atoms with Gasteiger partial charge in [0.2, 0.25) is 0 Å². The SMILES string of the molecule is O=C(OC1CC1)N1CCN(C(=O)c2cc(Cc3n[nH]c(=O)c4ccccc34)ccc2F)CC1. The molecule has 2 heterocycles. The molecule has 2 fully saturated rings. The Morgan fingerprint density at radius 3 is 2.45 bits per heavy atom. The zero-order valence-electron chi connectivity index (χ0n) is 17.9. The minimum absolute atomic E-state index is 0.0183. The van der Waals surface area contributed by atoms with E-state index in [1.54, 1.807) is 28.0 Å². The van der Waals surface area contributed by atoms with E-state index in [9.17, 15) is 18.8 Å². The van der Waals surface area contributed by atoms with Crippen LogP contribution in [-0.4, -0.2) is 64.3 Å². The highest BCUT2D eigenvalue weighted by molar-refractivity contribution is 5.95. The van der Waals surface area contributed by atoms with Crippen LogP contribution in [0.4, 0.5) is 9.18 Å². The van der Waals surface area contributed by atoms with Gasteiger partial charge in [-0.3, -0.25) is 9.59 Å². The Kier molecular flexibility index (Phi) is 5.53. The number of nitrogens with one attached hydrogen (secondary N) is 1. The number of rotatable bonds is 4. The maximum Gasteiger partial charge on any atom is 0.410 e. The topological polar surface area (TPSA) is 95.6 Å². The lowest BCUT2D eigenvalue weighted by atomic mass is 10.0. The summed E-state index contributed by atoms with van der Waals surface area (Å²) in [6.07, 6.45) is 1.83. The summed E-state index contributed by atoms with van der Waals surface area (Å²) in [5.41, 5.74) is 1.05. The molecule has 33 heavy (non-hydrogen) atoms. The third-order valence-electron chi connectivity index (χ3n) is 6.02. The molecule has 2 amide bonds. The largest absolute Gasteiger partial charge is 0.446 e. The van der Waals surface area contributed by atoms with Crippen molar-refractivity contribution in [3.8, 4) is 0 Å². The van der Waals surface area contributed by atoms with Gasteiger partial charge < -0.3 is 14.5 Å². The Labute approximate surface area is 188 Å². The zero-order valence-corrected chi connectivity index (χ0v) is 17.9. The molecule has 1 saturated carbocycles. The summed E-state index contributed by atoms with van der Waals surface area (Å²) in [5, 5.41) is 7.90. The Hall–Kier alpha value is -3.75. The van der Waals surface area contributed by atoms with Crippen molar-refractivity contribution in [2.75, 3.05) is 26.2 Å². The van der Waals surface area contributed by atoms with E-state index >= 15 is 0 Å². The van der Waals surface area contributed by atoms with E-state index in [-0.39, 0.29) is 23.3 Å². The molecule has 3 aromatic rings. The number of ether oxygens (including phenoxy) is 1. The van der Waals surface area contributed by atoms with E-state index < -0.39 is 11.7 Å². The van der Waals surface area contributed by atoms with Gasteiger partial charge in [-0.25, -0.2) is 14.3 Å². The molecule has 8 nitrogen and oxygen atoms in total. The highest BCUT2D eigenvalue weighted by atomic mass is 19.1. The van der Waals surface area contributed by atoms with E-state index in [2.05, 4.69) is 10.2 Å². The predicted octanol–water partition coefficient (Wildman–Crippen LogP) is 2.71. The van der Waals surface area contributed by atoms with Crippen molar-refractivity contribution in [3.05, 3.63) is 75.5 Å². The Balaban J connectivity index is 1.31. The summed E-state index contributed by atoms with van der Waals surface area (Å²) in [4.78, 5) is 40.3. The second-order valence-corrected chi connectivity index (χ2v) is 8.40. The molecule has 0 radical (unpaired) electrons. The molecular weight excluding hydrogens is 427 g/mol. The van der Waals surface area contributed by atoms with Crippen LogP contribution in [0.1, 0.15) is 34.5 Å². The summed E-state index contributed by atoms with van der Waals surface area (Å²) < 4.78 is 19.9. The summed E-state index contributed by atoms with van der Waals surface area (Å²) >= 11 is 0. The van der Waals surface area contributed by atoms with Crippen LogP contribution < -0.4 is 5.56 Å². The molecule has 0 unspecified atom stereocenters. The maximum atomic E-state index is 14.6. The number of aromatic amines is 1. The average molecular weight is 450 g/mol. The lowest BCUT2D eigenvalue weighted by Crippen LogP contribution is -2.51. The lowest BCUT2D eigenvalue weighted by Gasteiger charge is -2.34. The number of hydrogen-bond donors (Lipinski definition) is 1. The monoisotopic (exact) mass is 450 g/mol. The van der Waals surface area contributed by atoms with Crippen molar-refractivity contribution in [3.63, 3.8) is 0 Å². The third kappa shape index (κ3) is 4.44. The van der Waals surface area contributed by atoms with Crippen LogP contribution in [0.25, 0.3) is 10.8 Å². The van der Waals surface area contributed by atoms with E-state index in [0.29, 0.717) is 54.6 Å². The minimum atomic E-state index is -0.599. The van der Waals surface area contributed by atoms with Crippen molar-refractivity contribution in [1.82, 2.24) is 20.0 Å². The van der Waals surface area contributed by atoms with Gasteiger partial charge in [-0.1, -0.05) is 24.3 Å². The smallest absolute Gasteiger partial charge is 0.410 e. The fourth-order valence-corrected chi connectivity index (χ4v) is 4.01. The van der Waals surface area contributed by atoms with E-state index in [1.807, 2.05) is 12.1 Å². The van der Waals surface area contributed by atoms with Crippen molar-refractivity contribution in [1.29, 1.82) is 0 Å². The molecule has 9 heteroatoms. The fourth-order valence-electron chi connectivity index (χ4n) is 4.01. The van der Waals surface area contributed by atoms with E-state index in [0.717, 1.165) is 12.8 Å². The fraction of sp³-hybridized carbons (Fsp3) is 0.333. The quantitative estimate of drug-likeness (QED) is 0.660. The molecule has 2 aliphatic rings. The summed E-state index contributed by atoms with van der Waals surface area (Å²) in [6.45, 7) is 1.33. The molecule has 0 bridgehead atoms.